The number of fused-ring (bicyclic) bond motifs is 6. The number of amides is 2. The Labute approximate surface area is 296 Å². The lowest BCUT2D eigenvalue weighted by Crippen LogP contribution is -2.37. The smallest absolute Gasteiger partial charge is 0.339 e. The van der Waals surface area contributed by atoms with Crippen molar-refractivity contribution >= 4 is 87.9 Å². The van der Waals surface area contributed by atoms with Gasteiger partial charge in [0.05, 0.1) is 41.4 Å². The van der Waals surface area contributed by atoms with Crippen LogP contribution in [0.3, 0.4) is 0 Å². The summed E-state index contributed by atoms with van der Waals surface area (Å²) in [6, 6.07) is 19.1. The number of anilines is 1. The monoisotopic (exact) mass is 822 g/mol. The second-order valence-corrected chi connectivity index (χ2v) is 15.4. The molecule has 8 nitrogen and oxygen atoms in total. The molecule has 0 N–H and O–H groups in total. The number of nitrogens with zero attached hydrogens (tertiary/aromatic N) is 2. The molecule has 1 saturated heterocycles. The molecule has 4 aromatic rings. The van der Waals surface area contributed by atoms with Crippen molar-refractivity contribution in [3.05, 3.63) is 87.9 Å². The average Bonchev–Trinajstić information content (AvgIpc) is 3.68. The summed E-state index contributed by atoms with van der Waals surface area (Å²) in [6.45, 7) is 3.45. The number of carbonyl (C=O) groups excluding carboxylic acids is 4. The highest BCUT2D eigenvalue weighted by atomic mass is 79.9. The van der Waals surface area contributed by atoms with Crippen LogP contribution in [0.2, 0.25) is 0 Å². The first-order valence-electron chi connectivity index (χ1n) is 15.2. The fraction of sp³-hybridized carbons (Fsp3) is 0.306. The number of ether oxygens (including phenoxy) is 2. The predicted octanol–water partition coefficient (Wildman–Crippen LogP) is 7.69. The van der Waals surface area contributed by atoms with E-state index in [4.69, 9.17) is 14.5 Å². The fourth-order valence-electron chi connectivity index (χ4n) is 7.43. The van der Waals surface area contributed by atoms with Gasteiger partial charge in [0, 0.05) is 30.6 Å². The van der Waals surface area contributed by atoms with Crippen LogP contribution in [0.5, 0.6) is 5.75 Å². The van der Waals surface area contributed by atoms with Crippen molar-refractivity contribution in [2.45, 2.75) is 36.0 Å². The highest BCUT2D eigenvalue weighted by Crippen LogP contribution is 2.60. The number of benzene rings is 3. The predicted molar refractivity (Wildman–Crippen MR) is 188 cm³/mol. The van der Waals surface area contributed by atoms with Crippen LogP contribution in [0.1, 0.15) is 39.6 Å². The third kappa shape index (κ3) is 5.34. The Bertz CT molecular complexity index is 1930. The quantitative estimate of drug-likeness (QED) is 0.0816. The van der Waals surface area contributed by atoms with Crippen molar-refractivity contribution in [1.82, 2.24) is 4.98 Å². The van der Waals surface area contributed by atoms with Gasteiger partial charge in [0.1, 0.15) is 5.75 Å². The summed E-state index contributed by atoms with van der Waals surface area (Å²) in [5.41, 5.74) is 3.82. The molecule has 2 amide bonds. The molecule has 3 aliphatic rings. The molecule has 0 spiro atoms. The van der Waals surface area contributed by atoms with E-state index in [0.717, 1.165) is 16.5 Å². The maximum absolute atomic E-state index is 13.7. The number of ketones is 1. The number of hydrogen-bond acceptors (Lipinski definition) is 7. The van der Waals surface area contributed by atoms with Crippen molar-refractivity contribution in [1.29, 1.82) is 0 Å². The van der Waals surface area contributed by atoms with Gasteiger partial charge in [-0.2, -0.15) is 0 Å². The topological polar surface area (TPSA) is 103 Å². The van der Waals surface area contributed by atoms with E-state index in [1.54, 1.807) is 74.7 Å². The van der Waals surface area contributed by atoms with Crippen molar-refractivity contribution in [3.8, 4) is 17.0 Å². The number of aromatic nitrogens is 1. The SMILES string of the molecule is COc1ccc(C(=O)C(C)OC(=O)c2cc(-c3ccc(N4C(=O)C5C6CC(C(Br)C6Br)C5C4=O)cc3)nc3c(C)cc(Br)cc23)cc1. The molecule has 2 saturated carbocycles. The molecule has 2 heterocycles. The molecule has 7 rings (SSSR count). The Morgan fingerprint density at radius 1 is 0.915 bits per heavy atom. The van der Waals surface area contributed by atoms with E-state index >= 15 is 0 Å². The van der Waals surface area contributed by atoms with E-state index in [1.165, 1.54) is 4.90 Å². The number of aryl methyl sites for hydroxylation is 1. The van der Waals surface area contributed by atoms with Gasteiger partial charge in [-0.15, -0.1) is 0 Å². The minimum absolute atomic E-state index is 0.132. The summed E-state index contributed by atoms with van der Waals surface area (Å²) in [5.74, 6) is -1.01. The lowest BCUT2D eigenvalue weighted by Gasteiger charge is -2.28. The maximum Gasteiger partial charge on any atom is 0.339 e. The molecule has 3 aromatic carbocycles. The number of alkyl halides is 2. The second-order valence-electron chi connectivity index (χ2n) is 12.4. The first-order chi connectivity index (χ1) is 22.5. The first kappa shape index (κ1) is 32.2. The number of hydrogen-bond donors (Lipinski definition) is 0. The average molecular weight is 825 g/mol. The van der Waals surface area contributed by atoms with Crippen molar-refractivity contribution in [2.75, 3.05) is 12.0 Å². The molecule has 11 heteroatoms. The van der Waals surface area contributed by atoms with Crippen molar-refractivity contribution in [3.63, 3.8) is 0 Å². The van der Waals surface area contributed by atoms with Gasteiger partial charge in [-0.25, -0.2) is 9.78 Å². The fourth-order valence-corrected chi connectivity index (χ4v) is 9.87. The molecular weight excluding hydrogens is 796 g/mol. The largest absolute Gasteiger partial charge is 0.497 e. The van der Waals surface area contributed by atoms with Crippen LogP contribution in [-0.4, -0.2) is 51.4 Å². The van der Waals surface area contributed by atoms with Crippen LogP contribution < -0.4 is 9.64 Å². The highest BCUT2D eigenvalue weighted by molar-refractivity contribution is 9.12. The Morgan fingerprint density at radius 2 is 1.53 bits per heavy atom. The van der Waals surface area contributed by atoms with Crippen LogP contribution in [0.15, 0.2) is 71.2 Å². The molecule has 7 atom stereocenters. The number of esters is 1. The summed E-state index contributed by atoms with van der Waals surface area (Å²) < 4.78 is 11.7. The molecule has 240 valence electrons. The summed E-state index contributed by atoms with van der Waals surface area (Å²) in [6.07, 6.45) is -0.172. The third-order valence-electron chi connectivity index (χ3n) is 9.72. The van der Waals surface area contributed by atoms with Gasteiger partial charge in [-0.3, -0.25) is 19.3 Å². The van der Waals surface area contributed by atoms with Gasteiger partial charge in [0.15, 0.2) is 6.10 Å². The van der Waals surface area contributed by atoms with Crippen molar-refractivity contribution < 1.29 is 28.7 Å². The van der Waals surface area contributed by atoms with Gasteiger partial charge >= 0.3 is 5.97 Å². The number of methoxy groups -OCH3 is 1. The van der Waals surface area contributed by atoms with Gasteiger partial charge in [0.25, 0.3) is 0 Å². The zero-order valence-corrected chi connectivity index (χ0v) is 30.3. The van der Waals surface area contributed by atoms with E-state index in [2.05, 4.69) is 47.8 Å². The van der Waals surface area contributed by atoms with E-state index in [-0.39, 0.29) is 56.5 Å². The maximum atomic E-state index is 13.7. The van der Waals surface area contributed by atoms with E-state index in [1.807, 2.05) is 13.0 Å². The molecule has 2 aliphatic carbocycles. The van der Waals surface area contributed by atoms with Crippen LogP contribution in [-0.2, 0) is 14.3 Å². The Balaban J connectivity index is 1.18. The minimum Gasteiger partial charge on any atom is -0.497 e. The number of carbonyl (C=O) groups is 4. The van der Waals surface area contributed by atoms with Crippen molar-refractivity contribution in [2.24, 2.45) is 23.7 Å². The third-order valence-corrected chi connectivity index (χ3v) is 13.4. The Morgan fingerprint density at radius 3 is 2.13 bits per heavy atom. The Kier molecular flexibility index (Phi) is 8.37. The summed E-state index contributed by atoms with van der Waals surface area (Å²) >= 11 is 11.0. The second kappa shape index (κ2) is 12.2. The van der Waals surface area contributed by atoms with Crippen LogP contribution >= 0.6 is 47.8 Å². The van der Waals surface area contributed by atoms with E-state index < -0.39 is 12.1 Å². The summed E-state index contributed by atoms with van der Waals surface area (Å²) in [4.78, 5) is 60.5. The number of pyridine rings is 1. The zero-order valence-electron chi connectivity index (χ0n) is 25.6. The number of halogens is 3. The van der Waals surface area contributed by atoms with Gasteiger partial charge < -0.3 is 9.47 Å². The Hall–Kier alpha value is -3.41. The highest BCUT2D eigenvalue weighted by Gasteiger charge is 2.66. The normalized spacial score (nSPS) is 25.3. The molecule has 3 fully saturated rings. The summed E-state index contributed by atoms with van der Waals surface area (Å²) in [7, 11) is 1.54. The van der Waals surface area contributed by atoms with Gasteiger partial charge in [-0.05, 0) is 92.3 Å². The lowest BCUT2D eigenvalue weighted by molar-refractivity contribution is -0.123. The van der Waals surface area contributed by atoms with E-state index in [9.17, 15) is 19.2 Å². The number of rotatable bonds is 7. The molecule has 1 aliphatic heterocycles. The number of imide groups is 1. The molecule has 1 aromatic heterocycles. The molecular formula is C36H29Br3N2O6. The van der Waals surface area contributed by atoms with Crippen LogP contribution in [0, 0.1) is 30.6 Å². The zero-order chi connectivity index (χ0) is 33.3. The van der Waals surface area contributed by atoms with Crippen LogP contribution in [0.4, 0.5) is 5.69 Å². The van der Waals surface area contributed by atoms with E-state index in [0.29, 0.717) is 39.2 Å². The number of Topliss-reactive ketones (excluding diaryl/α,β-unsaturated/α-hetero) is 1. The lowest BCUT2D eigenvalue weighted by atomic mass is 9.81. The standard InChI is InChI=1S/C36H29Br3N2O6/c1-16-12-20(37)13-23-24(36(45)47-17(2)33(42)19-6-10-22(46-3)11-7-19)15-27(40-32(16)23)18-4-8-21(9-5-18)41-34(43)28-25-14-26(29(28)35(41)44)31(39)30(25)38/h4-13,15,17,25-26,28-31H,14H2,1-3H3. The molecule has 2 bridgehead atoms. The summed E-state index contributed by atoms with van der Waals surface area (Å²) in [5, 5.41) is 0.580. The van der Waals surface area contributed by atoms with Crippen LogP contribution in [0.25, 0.3) is 22.2 Å². The first-order valence-corrected chi connectivity index (χ1v) is 17.9. The molecule has 7 unspecified atom stereocenters. The minimum atomic E-state index is -1.04. The molecule has 0 radical (unpaired) electrons. The molecule has 47 heavy (non-hydrogen) atoms. The van der Waals surface area contributed by atoms with Gasteiger partial charge in [-0.1, -0.05) is 59.9 Å². The van der Waals surface area contributed by atoms with Gasteiger partial charge in [0.2, 0.25) is 17.6 Å².